The quantitative estimate of drug-likeness (QED) is 0.861. The van der Waals surface area contributed by atoms with Crippen molar-refractivity contribution in [2.24, 2.45) is 0 Å². The molecule has 1 saturated carbocycles. The summed E-state index contributed by atoms with van der Waals surface area (Å²) >= 11 is 0. The highest BCUT2D eigenvalue weighted by molar-refractivity contribution is 5.40. The SMILES string of the molecule is CNCc1ccc(N2CCN(C3CC3)CC2)nc1. The van der Waals surface area contributed by atoms with Crippen LogP contribution in [0.25, 0.3) is 0 Å². The number of nitrogens with one attached hydrogen (secondary N) is 1. The molecule has 0 unspecified atom stereocenters. The van der Waals surface area contributed by atoms with E-state index in [1.54, 1.807) is 0 Å². The van der Waals surface area contributed by atoms with Crippen molar-refractivity contribution >= 4 is 5.82 Å². The topological polar surface area (TPSA) is 31.4 Å². The van der Waals surface area contributed by atoms with Gasteiger partial charge in [-0.1, -0.05) is 6.07 Å². The Morgan fingerprint density at radius 3 is 2.56 bits per heavy atom. The summed E-state index contributed by atoms with van der Waals surface area (Å²) in [5.41, 5.74) is 1.25. The Hall–Kier alpha value is -1.13. The molecule has 0 atom stereocenters. The highest BCUT2D eigenvalue weighted by Crippen LogP contribution is 2.28. The Bertz CT molecular complexity index is 377. The van der Waals surface area contributed by atoms with Gasteiger partial charge in [-0.2, -0.15) is 0 Å². The molecule has 0 amide bonds. The maximum absolute atomic E-state index is 4.57. The number of aromatic nitrogens is 1. The Morgan fingerprint density at radius 1 is 1.22 bits per heavy atom. The molecule has 1 aromatic heterocycles. The van der Waals surface area contributed by atoms with Crippen molar-refractivity contribution in [3.05, 3.63) is 23.9 Å². The van der Waals surface area contributed by atoms with Gasteiger partial charge in [0.2, 0.25) is 0 Å². The van der Waals surface area contributed by atoms with Crippen molar-refractivity contribution < 1.29 is 0 Å². The molecule has 0 spiro atoms. The summed E-state index contributed by atoms with van der Waals surface area (Å²) in [7, 11) is 1.96. The molecule has 98 valence electrons. The van der Waals surface area contributed by atoms with Crippen LogP contribution in [0.3, 0.4) is 0 Å². The maximum Gasteiger partial charge on any atom is 0.128 e. The van der Waals surface area contributed by atoms with Crippen LogP contribution in [0.15, 0.2) is 18.3 Å². The van der Waals surface area contributed by atoms with Crippen molar-refractivity contribution in [1.82, 2.24) is 15.2 Å². The monoisotopic (exact) mass is 246 g/mol. The van der Waals surface area contributed by atoms with E-state index in [-0.39, 0.29) is 0 Å². The van der Waals surface area contributed by atoms with Gasteiger partial charge in [0.1, 0.15) is 5.82 Å². The molecule has 2 aliphatic rings. The fourth-order valence-corrected chi connectivity index (χ4v) is 2.67. The standard InChI is InChI=1S/C14H22N4/c1-15-10-12-2-5-14(16-11-12)18-8-6-17(7-9-18)13-3-4-13/h2,5,11,13,15H,3-4,6-10H2,1H3. The summed E-state index contributed by atoms with van der Waals surface area (Å²) in [6, 6.07) is 5.23. The van der Waals surface area contributed by atoms with Crippen LogP contribution < -0.4 is 10.2 Å². The minimum Gasteiger partial charge on any atom is -0.354 e. The number of hydrogen-bond donors (Lipinski definition) is 1. The third-order valence-electron chi connectivity index (χ3n) is 3.89. The summed E-state index contributed by atoms with van der Waals surface area (Å²) in [6.07, 6.45) is 4.81. The number of anilines is 1. The van der Waals surface area contributed by atoms with E-state index in [0.29, 0.717) is 0 Å². The predicted octanol–water partition coefficient (Wildman–Crippen LogP) is 1.09. The van der Waals surface area contributed by atoms with E-state index < -0.39 is 0 Å². The van der Waals surface area contributed by atoms with Crippen molar-refractivity contribution in [1.29, 1.82) is 0 Å². The van der Waals surface area contributed by atoms with Crippen LogP contribution in [-0.4, -0.2) is 49.2 Å². The predicted molar refractivity (Wildman–Crippen MR) is 73.8 cm³/mol. The van der Waals surface area contributed by atoms with Gasteiger partial charge in [-0.05, 0) is 31.5 Å². The summed E-state index contributed by atoms with van der Waals surface area (Å²) < 4.78 is 0. The highest BCUT2D eigenvalue weighted by atomic mass is 15.3. The summed E-state index contributed by atoms with van der Waals surface area (Å²) in [5.74, 6) is 1.13. The number of rotatable bonds is 4. The molecule has 18 heavy (non-hydrogen) atoms. The first-order valence-corrected chi connectivity index (χ1v) is 6.95. The van der Waals surface area contributed by atoms with Crippen molar-refractivity contribution in [2.75, 3.05) is 38.1 Å². The number of hydrogen-bond acceptors (Lipinski definition) is 4. The molecule has 1 aliphatic heterocycles. The molecule has 1 aromatic rings. The molecule has 2 fully saturated rings. The largest absolute Gasteiger partial charge is 0.354 e. The van der Waals surface area contributed by atoms with Crippen LogP contribution >= 0.6 is 0 Å². The molecular formula is C14H22N4. The fourth-order valence-electron chi connectivity index (χ4n) is 2.67. The van der Waals surface area contributed by atoms with Crippen LogP contribution in [0.1, 0.15) is 18.4 Å². The van der Waals surface area contributed by atoms with Crippen molar-refractivity contribution in [2.45, 2.75) is 25.4 Å². The Morgan fingerprint density at radius 2 is 2.00 bits per heavy atom. The van der Waals surface area contributed by atoms with E-state index in [4.69, 9.17) is 0 Å². The average molecular weight is 246 g/mol. The van der Waals surface area contributed by atoms with Gasteiger partial charge < -0.3 is 10.2 Å². The molecule has 4 heteroatoms. The molecule has 1 saturated heterocycles. The highest BCUT2D eigenvalue weighted by Gasteiger charge is 2.31. The van der Waals surface area contributed by atoms with E-state index in [1.165, 1.54) is 31.5 Å². The summed E-state index contributed by atoms with van der Waals surface area (Å²) in [6.45, 7) is 5.53. The van der Waals surface area contributed by atoms with Gasteiger partial charge in [0.25, 0.3) is 0 Å². The molecule has 0 bridgehead atoms. The van der Waals surface area contributed by atoms with Gasteiger partial charge in [0.15, 0.2) is 0 Å². The molecule has 3 rings (SSSR count). The van der Waals surface area contributed by atoms with Gasteiger partial charge in [-0.3, -0.25) is 4.90 Å². The number of nitrogens with zero attached hydrogens (tertiary/aromatic N) is 3. The third-order valence-corrected chi connectivity index (χ3v) is 3.89. The second-order valence-electron chi connectivity index (χ2n) is 5.31. The normalized spacial score (nSPS) is 21.3. The van der Waals surface area contributed by atoms with Crippen molar-refractivity contribution in [3.63, 3.8) is 0 Å². The number of piperazine rings is 1. The van der Waals surface area contributed by atoms with Crippen molar-refractivity contribution in [3.8, 4) is 0 Å². The van der Waals surface area contributed by atoms with Crippen LogP contribution in [0.4, 0.5) is 5.82 Å². The smallest absolute Gasteiger partial charge is 0.128 e. The fraction of sp³-hybridized carbons (Fsp3) is 0.643. The average Bonchev–Trinajstić information content (AvgIpc) is 3.25. The first-order chi connectivity index (χ1) is 8.86. The molecule has 1 N–H and O–H groups in total. The second kappa shape index (κ2) is 5.24. The minimum absolute atomic E-state index is 0.892. The molecule has 0 radical (unpaired) electrons. The first kappa shape index (κ1) is 11.9. The minimum atomic E-state index is 0.892. The molecule has 0 aromatic carbocycles. The van der Waals surface area contributed by atoms with Gasteiger partial charge >= 0.3 is 0 Å². The molecule has 4 nitrogen and oxygen atoms in total. The zero-order chi connectivity index (χ0) is 12.4. The van der Waals surface area contributed by atoms with Crippen LogP contribution in [-0.2, 0) is 6.54 Å². The van der Waals surface area contributed by atoms with Crippen LogP contribution in [0.2, 0.25) is 0 Å². The van der Waals surface area contributed by atoms with E-state index in [2.05, 4.69) is 32.2 Å². The summed E-state index contributed by atoms with van der Waals surface area (Å²) in [4.78, 5) is 9.61. The Labute approximate surface area is 109 Å². The third kappa shape index (κ3) is 2.65. The number of pyridine rings is 1. The zero-order valence-electron chi connectivity index (χ0n) is 11.1. The van der Waals surface area contributed by atoms with Crippen LogP contribution in [0.5, 0.6) is 0 Å². The molecular weight excluding hydrogens is 224 g/mol. The lowest BCUT2D eigenvalue weighted by Crippen LogP contribution is -2.47. The second-order valence-corrected chi connectivity index (χ2v) is 5.31. The Balaban J connectivity index is 1.57. The van der Waals surface area contributed by atoms with Gasteiger partial charge in [0.05, 0.1) is 0 Å². The summed E-state index contributed by atoms with van der Waals surface area (Å²) in [5, 5.41) is 3.15. The van der Waals surface area contributed by atoms with Crippen LogP contribution in [0, 0.1) is 0 Å². The van der Waals surface area contributed by atoms with Gasteiger partial charge in [0, 0.05) is 45.0 Å². The maximum atomic E-state index is 4.57. The molecule has 2 heterocycles. The Kier molecular flexibility index (Phi) is 3.48. The van der Waals surface area contributed by atoms with E-state index in [9.17, 15) is 0 Å². The van der Waals surface area contributed by atoms with E-state index in [0.717, 1.165) is 31.5 Å². The van der Waals surface area contributed by atoms with Gasteiger partial charge in [-0.15, -0.1) is 0 Å². The van der Waals surface area contributed by atoms with Gasteiger partial charge in [-0.25, -0.2) is 4.98 Å². The lowest BCUT2D eigenvalue weighted by molar-refractivity contribution is 0.247. The lowest BCUT2D eigenvalue weighted by atomic mass is 10.2. The first-order valence-electron chi connectivity index (χ1n) is 6.95. The van der Waals surface area contributed by atoms with E-state index in [1.807, 2.05) is 13.2 Å². The zero-order valence-corrected chi connectivity index (χ0v) is 11.1. The van der Waals surface area contributed by atoms with E-state index >= 15 is 0 Å². The molecule has 1 aliphatic carbocycles. The lowest BCUT2D eigenvalue weighted by Gasteiger charge is -2.35.